The molecule has 0 aromatic heterocycles. The zero-order valence-electron chi connectivity index (χ0n) is 10.6. The van der Waals surface area contributed by atoms with Gasteiger partial charge in [-0.15, -0.1) is 0 Å². The normalized spacial score (nSPS) is 21.3. The third-order valence-electron chi connectivity index (χ3n) is 3.17. The molecule has 0 aliphatic heterocycles. The topological polar surface area (TPSA) is 35.8 Å². The Bertz CT molecular complexity index is 231. The van der Waals surface area contributed by atoms with Gasteiger partial charge in [0.05, 0.1) is 6.07 Å². The maximum Gasteiger partial charge on any atom is 0.113 e. The lowest BCUT2D eigenvalue weighted by molar-refractivity contribution is 0.486. The van der Waals surface area contributed by atoms with Crippen molar-refractivity contribution >= 4 is 11.8 Å². The minimum Gasteiger partial charge on any atom is -0.299 e. The molecule has 2 nitrogen and oxygen atoms in total. The first-order valence-corrected chi connectivity index (χ1v) is 7.53. The van der Waals surface area contributed by atoms with Crippen molar-refractivity contribution in [3.63, 3.8) is 0 Å². The largest absolute Gasteiger partial charge is 0.299 e. The summed E-state index contributed by atoms with van der Waals surface area (Å²) < 4.78 is 0. The zero-order valence-corrected chi connectivity index (χ0v) is 11.4. The van der Waals surface area contributed by atoms with Crippen LogP contribution in [0, 0.1) is 11.3 Å². The molecular formula is C13H24N2S. The third kappa shape index (κ3) is 4.76. The second-order valence-corrected chi connectivity index (χ2v) is 6.23. The summed E-state index contributed by atoms with van der Waals surface area (Å²) in [5.74, 6) is 0.925. The Morgan fingerprint density at radius 3 is 2.62 bits per heavy atom. The lowest BCUT2D eigenvalue weighted by atomic mass is 10.0. The Kier molecular flexibility index (Phi) is 6.23. The lowest BCUT2D eigenvalue weighted by Gasteiger charge is -2.27. The van der Waals surface area contributed by atoms with E-state index in [-0.39, 0.29) is 5.54 Å². The third-order valence-corrected chi connectivity index (χ3v) is 4.86. The van der Waals surface area contributed by atoms with Crippen molar-refractivity contribution in [3.05, 3.63) is 0 Å². The molecule has 0 heterocycles. The van der Waals surface area contributed by atoms with E-state index in [4.69, 9.17) is 0 Å². The van der Waals surface area contributed by atoms with Crippen molar-refractivity contribution in [1.29, 1.82) is 5.26 Å². The first kappa shape index (κ1) is 13.9. The zero-order chi connectivity index (χ0) is 11.9. The standard InChI is InChI=1S/C13H24N2S/c1-3-9-15-13(2,10-14)11-16-12-7-5-4-6-8-12/h12,15H,3-9,11H2,1-2H3. The van der Waals surface area contributed by atoms with Crippen molar-refractivity contribution in [3.8, 4) is 6.07 Å². The van der Waals surface area contributed by atoms with Gasteiger partial charge in [-0.25, -0.2) is 0 Å². The van der Waals surface area contributed by atoms with E-state index in [9.17, 15) is 5.26 Å². The van der Waals surface area contributed by atoms with Gasteiger partial charge in [-0.1, -0.05) is 26.2 Å². The van der Waals surface area contributed by atoms with Crippen LogP contribution in [0.25, 0.3) is 0 Å². The first-order chi connectivity index (χ1) is 7.70. The van der Waals surface area contributed by atoms with Crippen LogP contribution >= 0.6 is 11.8 Å². The van der Waals surface area contributed by atoms with Crippen LogP contribution in [0.15, 0.2) is 0 Å². The highest BCUT2D eigenvalue weighted by molar-refractivity contribution is 8.00. The van der Waals surface area contributed by atoms with E-state index in [0.29, 0.717) is 0 Å². The number of hydrogen-bond donors (Lipinski definition) is 1. The highest BCUT2D eigenvalue weighted by Gasteiger charge is 2.25. The minimum absolute atomic E-state index is 0.335. The van der Waals surface area contributed by atoms with Crippen molar-refractivity contribution in [2.24, 2.45) is 0 Å². The van der Waals surface area contributed by atoms with Crippen LogP contribution in [-0.4, -0.2) is 23.1 Å². The molecule has 0 spiro atoms. The molecule has 1 fully saturated rings. The molecule has 1 aliphatic rings. The average molecular weight is 240 g/mol. The molecule has 0 radical (unpaired) electrons. The van der Waals surface area contributed by atoms with Crippen molar-refractivity contribution in [2.45, 2.75) is 63.2 Å². The Morgan fingerprint density at radius 2 is 2.06 bits per heavy atom. The maximum absolute atomic E-state index is 9.22. The fraction of sp³-hybridized carbons (Fsp3) is 0.923. The smallest absolute Gasteiger partial charge is 0.113 e. The quantitative estimate of drug-likeness (QED) is 0.773. The number of nitrogens with one attached hydrogen (secondary N) is 1. The Labute approximate surface area is 104 Å². The minimum atomic E-state index is -0.335. The summed E-state index contributed by atoms with van der Waals surface area (Å²) in [6, 6.07) is 2.42. The van der Waals surface area contributed by atoms with E-state index in [2.05, 4.69) is 18.3 Å². The molecule has 0 aromatic rings. The van der Waals surface area contributed by atoms with Crippen molar-refractivity contribution in [1.82, 2.24) is 5.32 Å². The molecule has 92 valence electrons. The summed E-state index contributed by atoms with van der Waals surface area (Å²) >= 11 is 1.99. The van der Waals surface area contributed by atoms with E-state index in [0.717, 1.165) is 24.0 Å². The van der Waals surface area contributed by atoms with Crippen molar-refractivity contribution in [2.75, 3.05) is 12.3 Å². The van der Waals surface area contributed by atoms with E-state index >= 15 is 0 Å². The van der Waals surface area contributed by atoms with Gasteiger partial charge in [0, 0.05) is 11.0 Å². The number of rotatable bonds is 6. The van der Waals surface area contributed by atoms with Crippen LogP contribution in [0.3, 0.4) is 0 Å². The molecule has 0 aromatic carbocycles. The van der Waals surface area contributed by atoms with Crippen LogP contribution in [-0.2, 0) is 0 Å². The van der Waals surface area contributed by atoms with Gasteiger partial charge < -0.3 is 0 Å². The number of thioether (sulfide) groups is 1. The Hall–Kier alpha value is -0.200. The molecule has 1 saturated carbocycles. The number of hydrogen-bond acceptors (Lipinski definition) is 3. The maximum atomic E-state index is 9.22. The van der Waals surface area contributed by atoms with Gasteiger partial charge in [-0.2, -0.15) is 17.0 Å². The molecule has 0 saturated heterocycles. The first-order valence-electron chi connectivity index (χ1n) is 6.48. The summed E-state index contributed by atoms with van der Waals surface area (Å²) in [6.07, 6.45) is 7.94. The predicted molar refractivity (Wildman–Crippen MR) is 71.6 cm³/mol. The van der Waals surface area contributed by atoms with Gasteiger partial charge in [-0.05, 0) is 32.7 Å². The van der Waals surface area contributed by atoms with E-state index < -0.39 is 0 Å². The van der Waals surface area contributed by atoms with Crippen LogP contribution in [0.4, 0.5) is 0 Å². The molecule has 3 heteroatoms. The highest BCUT2D eigenvalue weighted by Crippen LogP contribution is 2.30. The van der Waals surface area contributed by atoms with Crippen LogP contribution < -0.4 is 5.32 Å². The number of nitriles is 1. The predicted octanol–water partition coefficient (Wildman–Crippen LogP) is 3.33. The van der Waals surface area contributed by atoms with Crippen LogP contribution in [0.1, 0.15) is 52.4 Å². The van der Waals surface area contributed by atoms with Gasteiger partial charge in [0.25, 0.3) is 0 Å². The number of nitrogens with zero attached hydrogens (tertiary/aromatic N) is 1. The molecular weight excluding hydrogens is 216 g/mol. The molecule has 0 bridgehead atoms. The summed E-state index contributed by atoms with van der Waals surface area (Å²) in [5, 5.41) is 13.4. The summed E-state index contributed by atoms with van der Waals surface area (Å²) in [7, 11) is 0. The molecule has 1 unspecified atom stereocenters. The van der Waals surface area contributed by atoms with Crippen LogP contribution in [0.2, 0.25) is 0 Å². The van der Waals surface area contributed by atoms with Crippen molar-refractivity contribution < 1.29 is 0 Å². The lowest BCUT2D eigenvalue weighted by Crippen LogP contribution is -2.44. The van der Waals surface area contributed by atoms with E-state index in [1.807, 2.05) is 18.7 Å². The Morgan fingerprint density at radius 1 is 1.38 bits per heavy atom. The van der Waals surface area contributed by atoms with Gasteiger partial charge >= 0.3 is 0 Å². The molecule has 1 atom stereocenters. The second kappa shape index (κ2) is 7.19. The fourth-order valence-corrected chi connectivity index (χ4v) is 3.44. The molecule has 1 rings (SSSR count). The second-order valence-electron chi connectivity index (χ2n) is 4.94. The van der Waals surface area contributed by atoms with Gasteiger partial charge in [0.2, 0.25) is 0 Å². The average Bonchev–Trinajstić information content (AvgIpc) is 2.35. The van der Waals surface area contributed by atoms with Gasteiger partial charge in [0.15, 0.2) is 0 Å². The molecule has 1 aliphatic carbocycles. The van der Waals surface area contributed by atoms with E-state index in [1.165, 1.54) is 32.1 Å². The van der Waals surface area contributed by atoms with Gasteiger partial charge in [-0.3, -0.25) is 5.32 Å². The molecule has 16 heavy (non-hydrogen) atoms. The fourth-order valence-electron chi connectivity index (χ4n) is 2.04. The van der Waals surface area contributed by atoms with Gasteiger partial charge in [0.1, 0.15) is 5.54 Å². The summed E-state index contributed by atoms with van der Waals surface area (Å²) in [5.41, 5.74) is -0.335. The SMILES string of the molecule is CCCNC(C)(C#N)CSC1CCCCC1. The molecule has 1 N–H and O–H groups in total. The summed E-state index contributed by atoms with van der Waals surface area (Å²) in [4.78, 5) is 0. The highest BCUT2D eigenvalue weighted by atomic mass is 32.2. The monoisotopic (exact) mass is 240 g/mol. The van der Waals surface area contributed by atoms with E-state index in [1.54, 1.807) is 0 Å². The Balaban J connectivity index is 2.29. The van der Waals surface area contributed by atoms with Crippen LogP contribution in [0.5, 0.6) is 0 Å². The summed E-state index contributed by atoms with van der Waals surface area (Å²) in [6.45, 7) is 5.10. The molecule has 0 amide bonds.